The standard InChI is InChI=1S/C77H148O6/c1-4-7-10-13-16-19-22-25-28-30-32-34-36-38-40-41-43-45-47-49-52-55-58-61-64-67-70-76(79)82-73-74(72-81-75(78)69-66-63-60-57-54-51-27-24-21-18-15-12-9-6-3)83-77(80)71-68-65-62-59-56-53-50-48-46-44-42-39-37-35-33-31-29-26-23-20-17-14-11-8-5-2/h31,33,74H,4-30,32,34-73H2,1-3H3/b33-31-. The van der Waals surface area contributed by atoms with Crippen LogP contribution in [0.1, 0.15) is 445 Å². The van der Waals surface area contributed by atoms with E-state index in [-0.39, 0.29) is 31.1 Å². The van der Waals surface area contributed by atoms with Gasteiger partial charge in [0.2, 0.25) is 0 Å². The fourth-order valence-corrected chi connectivity index (χ4v) is 12.0. The lowest BCUT2D eigenvalue weighted by Crippen LogP contribution is -2.30. The predicted molar refractivity (Wildman–Crippen MR) is 363 cm³/mol. The molecule has 0 fully saturated rings. The first-order valence-electron chi connectivity index (χ1n) is 38.2. The molecule has 0 spiro atoms. The van der Waals surface area contributed by atoms with E-state index in [2.05, 4.69) is 32.9 Å². The lowest BCUT2D eigenvalue weighted by molar-refractivity contribution is -0.167. The topological polar surface area (TPSA) is 78.9 Å². The molecule has 0 heterocycles. The van der Waals surface area contributed by atoms with E-state index < -0.39 is 6.10 Å². The van der Waals surface area contributed by atoms with Gasteiger partial charge < -0.3 is 14.2 Å². The van der Waals surface area contributed by atoms with Gasteiger partial charge in [-0.15, -0.1) is 0 Å². The van der Waals surface area contributed by atoms with Gasteiger partial charge in [0, 0.05) is 19.3 Å². The number of unbranched alkanes of at least 4 members (excludes halogenated alkanes) is 59. The fraction of sp³-hybridized carbons (Fsp3) is 0.935. The Bertz CT molecular complexity index is 1300. The van der Waals surface area contributed by atoms with Crippen LogP contribution < -0.4 is 0 Å². The molecule has 0 aromatic rings. The largest absolute Gasteiger partial charge is 0.462 e. The summed E-state index contributed by atoms with van der Waals surface area (Å²) >= 11 is 0. The molecule has 492 valence electrons. The Hall–Kier alpha value is -1.85. The van der Waals surface area contributed by atoms with Crippen molar-refractivity contribution in [1.82, 2.24) is 0 Å². The molecule has 6 heteroatoms. The van der Waals surface area contributed by atoms with Crippen LogP contribution in [0.15, 0.2) is 12.2 Å². The first-order valence-corrected chi connectivity index (χ1v) is 38.2. The van der Waals surface area contributed by atoms with E-state index in [9.17, 15) is 14.4 Å². The molecule has 0 aliphatic heterocycles. The molecule has 0 aromatic carbocycles. The molecule has 83 heavy (non-hydrogen) atoms. The van der Waals surface area contributed by atoms with Gasteiger partial charge in [-0.05, 0) is 44.9 Å². The van der Waals surface area contributed by atoms with Crippen molar-refractivity contribution in [2.75, 3.05) is 13.2 Å². The number of carbonyl (C=O) groups is 3. The Morgan fingerprint density at radius 2 is 0.398 bits per heavy atom. The lowest BCUT2D eigenvalue weighted by atomic mass is 10.0. The highest BCUT2D eigenvalue weighted by Crippen LogP contribution is 2.20. The lowest BCUT2D eigenvalue weighted by Gasteiger charge is -2.18. The molecule has 0 aliphatic carbocycles. The molecule has 1 atom stereocenters. The molecule has 0 radical (unpaired) electrons. The molecular formula is C77H148O6. The molecule has 0 aliphatic rings. The number of ether oxygens (including phenoxy) is 3. The second-order valence-corrected chi connectivity index (χ2v) is 26.3. The summed E-state index contributed by atoms with van der Waals surface area (Å²) in [6, 6.07) is 0. The maximum Gasteiger partial charge on any atom is 0.306 e. The smallest absolute Gasteiger partial charge is 0.306 e. The first kappa shape index (κ1) is 81.2. The second-order valence-electron chi connectivity index (χ2n) is 26.3. The SMILES string of the molecule is CCCCCCCCCC/C=C\CCCCCCCCCCCCCCCC(=O)OC(COC(=O)CCCCCCCCCCCCCCCC)COC(=O)CCCCCCCCCCCCCCCCCCCCCCCCCCCC. The number of allylic oxidation sites excluding steroid dienone is 2. The molecule has 0 saturated carbocycles. The third-order valence-corrected chi connectivity index (χ3v) is 17.8. The van der Waals surface area contributed by atoms with Crippen LogP contribution >= 0.6 is 0 Å². The summed E-state index contributed by atoms with van der Waals surface area (Å²) in [6.45, 7) is 6.74. The van der Waals surface area contributed by atoms with Gasteiger partial charge >= 0.3 is 17.9 Å². The minimum Gasteiger partial charge on any atom is -0.462 e. The zero-order valence-corrected chi connectivity index (χ0v) is 56.8. The van der Waals surface area contributed by atoms with Crippen LogP contribution in [0.4, 0.5) is 0 Å². The van der Waals surface area contributed by atoms with E-state index in [0.29, 0.717) is 19.3 Å². The zero-order valence-electron chi connectivity index (χ0n) is 56.8. The maximum absolute atomic E-state index is 13.0. The Labute approximate surface area is 520 Å². The Morgan fingerprint density at radius 1 is 0.229 bits per heavy atom. The van der Waals surface area contributed by atoms with Crippen molar-refractivity contribution >= 4 is 17.9 Å². The van der Waals surface area contributed by atoms with Crippen molar-refractivity contribution < 1.29 is 28.6 Å². The van der Waals surface area contributed by atoms with Crippen molar-refractivity contribution in [3.8, 4) is 0 Å². The highest BCUT2D eigenvalue weighted by Gasteiger charge is 2.20. The normalized spacial score (nSPS) is 12.0. The average Bonchev–Trinajstić information content (AvgIpc) is 3.49. The highest BCUT2D eigenvalue weighted by atomic mass is 16.6. The van der Waals surface area contributed by atoms with Crippen LogP contribution in [0.5, 0.6) is 0 Å². The van der Waals surface area contributed by atoms with Crippen molar-refractivity contribution in [2.24, 2.45) is 0 Å². The summed E-state index contributed by atoms with van der Waals surface area (Å²) in [5, 5.41) is 0. The fourth-order valence-electron chi connectivity index (χ4n) is 12.0. The summed E-state index contributed by atoms with van der Waals surface area (Å²) in [6.07, 6.45) is 88.3. The molecule has 6 nitrogen and oxygen atoms in total. The third-order valence-electron chi connectivity index (χ3n) is 17.8. The maximum atomic E-state index is 13.0. The van der Waals surface area contributed by atoms with Gasteiger partial charge in [-0.2, -0.15) is 0 Å². The quantitative estimate of drug-likeness (QED) is 0.0261. The summed E-state index contributed by atoms with van der Waals surface area (Å²) in [4.78, 5) is 38.5. The predicted octanol–water partition coefficient (Wildman–Crippen LogP) is 26.3. The van der Waals surface area contributed by atoms with Crippen LogP contribution in [0.25, 0.3) is 0 Å². The van der Waals surface area contributed by atoms with Gasteiger partial charge in [0.15, 0.2) is 6.10 Å². The average molecular weight is 1170 g/mol. The third kappa shape index (κ3) is 70.8. The van der Waals surface area contributed by atoms with Crippen LogP contribution in [0.3, 0.4) is 0 Å². The first-order chi connectivity index (χ1) is 41.0. The number of esters is 3. The van der Waals surface area contributed by atoms with E-state index in [1.807, 2.05) is 0 Å². The van der Waals surface area contributed by atoms with E-state index in [1.54, 1.807) is 0 Å². The van der Waals surface area contributed by atoms with E-state index >= 15 is 0 Å². The van der Waals surface area contributed by atoms with Gasteiger partial charge in [-0.25, -0.2) is 0 Å². The van der Waals surface area contributed by atoms with Crippen LogP contribution in [0, 0.1) is 0 Å². The van der Waals surface area contributed by atoms with Gasteiger partial charge in [0.05, 0.1) is 0 Å². The minimum absolute atomic E-state index is 0.0622. The number of carbonyl (C=O) groups excluding carboxylic acids is 3. The summed E-state index contributed by atoms with van der Waals surface area (Å²) in [7, 11) is 0. The van der Waals surface area contributed by atoms with E-state index in [4.69, 9.17) is 14.2 Å². The van der Waals surface area contributed by atoms with Gasteiger partial charge in [-0.3, -0.25) is 14.4 Å². The summed E-state index contributed by atoms with van der Waals surface area (Å²) in [5.41, 5.74) is 0. The van der Waals surface area contributed by atoms with E-state index in [1.165, 1.54) is 347 Å². The van der Waals surface area contributed by atoms with Crippen LogP contribution in [-0.4, -0.2) is 37.2 Å². The van der Waals surface area contributed by atoms with E-state index in [0.717, 1.165) is 57.8 Å². The Morgan fingerprint density at radius 3 is 0.602 bits per heavy atom. The summed E-state index contributed by atoms with van der Waals surface area (Å²) in [5.74, 6) is -0.822. The molecular weight excluding hydrogens is 1020 g/mol. The van der Waals surface area contributed by atoms with Gasteiger partial charge in [-0.1, -0.05) is 392 Å². The van der Waals surface area contributed by atoms with Gasteiger partial charge in [0.1, 0.15) is 13.2 Å². The van der Waals surface area contributed by atoms with Gasteiger partial charge in [0.25, 0.3) is 0 Å². The molecule has 0 amide bonds. The number of hydrogen-bond acceptors (Lipinski definition) is 6. The molecule has 0 rings (SSSR count). The van der Waals surface area contributed by atoms with Crippen LogP contribution in [0.2, 0.25) is 0 Å². The molecule has 0 N–H and O–H groups in total. The zero-order chi connectivity index (χ0) is 59.9. The Balaban J connectivity index is 4.19. The van der Waals surface area contributed by atoms with Crippen molar-refractivity contribution in [1.29, 1.82) is 0 Å². The number of hydrogen-bond donors (Lipinski definition) is 0. The molecule has 0 bridgehead atoms. The molecule has 0 aromatic heterocycles. The van der Waals surface area contributed by atoms with Crippen molar-refractivity contribution in [2.45, 2.75) is 451 Å². The summed E-state index contributed by atoms with van der Waals surface area (Å²) < 4.78 is 17.0. The monoisotopic (exact) mass is 1170 g/mol. The number of rotatable bonds is 72. The van der Waals surface area contributed by atoms with Crippen molar-refractivity contribution in [3.05, 3.63) is 12.2 Å². The molecule has 1 unspecified atom stereocenters. The minimum atomic E-state index is -0.767. The highest BCUT2D eigenvalue weighted by molar-refractivity contribution is 5.71. The molecule has 0 saturated heterocycles. The second kappa shape index (κ2) is 72.6. The van der Waals surface area contributed by atoms with Crippen LogP contribution in [-0.2, 0) is 28.6 Å². The Kier molecular flexibility index (Phi) is 71.0. The van der Waals surface area contributed by atoms with Crippen molar-refractivity contribution in [3.63, 3.8) is 0 Å².